The van der Waals surface area contributed by atoms with Crippen LogP contribution in [0.3, 0.4) is 0 Å². The molecular weight excluding hydrogens is 317 g/mol. The van der Waals surface area contributed by atoms with Crippen molar-refractivity contribution < 1.29 is 17.6 Å². The van der Waals surface area contributed by atoms with E-state index in [0.717, 1.165) is 24.5 Å². The molecule has 0 saturated carbocycles. The highest BCUT2D eigenvalue weighted by Gasteiger charge is 2.28. The Balaban J connectivity index is 2.58. The van der Waals surface area contributed by atoms with Crippen LogP contribution < -0.4 is 4.31 Å². The molecule has 0 atom stereocenters. The van der Waals surface area contributed by atoms with E-state index in [1.54, 1.807) is 18.2 Å². The first kappa shape index (κ1) is 15.5. The van der Waals surface area contributed by atoms with Crippen LogP contribution in [0.25, 0.3) is 0 Å². The number of nitrogens with zero attached hydrogens (tertiary/aromatic N) is 1. The maximum Gasteiger partial charge on any atom is 0.272 e. The fraction of sp³-hybridized carbons (Fsp3) is 0.0714. The molecule has 1 amide bonds. The number of hydrogen-bond acceptors (Lipinski definition) is 3. The van der Waals surface area contributed by atoms with Gasteiger partial charge in [0.25, 0.3) is 5.91 Å². The highest BCUT2D eigenvalue weighted by molar-refractivity contribution is 7.92. The van der Waals surface area contributed by atoms with Gasteiger partial charge in [0, 0.05) is 5.56 Å². The Morgan fingerprint density at radius 1 is 1.14 bits per heavy atom. The first-order valence-corrected chi connectivity index (χ1v) is 8.08. The van der Waals surface area contributed by atoms with Gasteiger partial charge in [-0.3, -0.25) is 4.79 Å². The average Bonchev–Trinajstić information content (AvgIpc) is 2.41. The number of benzene rings is 2. The van der Waals surface area contributed by atoms with Crippen LogP contribution in [0.1, 0.15) is 10.4 Å². The number of anilines is 1. The van der Waals surface area contributed by atoms with Crippen molar-refractivity contribution in [1.82, 2.24) is 0 Å². The van der Waals surface area contributed by atoms with Gasteiger partial charge in [-0.05, 0) is 30.3 Å². The maximum absolute atomic E-state index is 13.1. The Labute approximate surface area is 126 Å². The minimum Gasteiger partial charge on any atom is -0.268 e. The number of halogens is 2. The van der Waals surface area contributed by atoms with Gasteiger partial charge in [-0.1, -0.05) is 29.8 Å². The van der Waals surface area contributed by atoms with E-state index in [1.165, 1.54) is 12.1 Å². The van der Waals surface area contributed by atoms with E-state index in [-0.39, 0.29) is 16.3 Å². The van der Waals surface area contributed by atoms with Crippen LogP contribution in [-0.2, 0) is 10.0 Å². The van der Waals surface area contributed by atoms with Crippen LogP contribution in [0.15, 0.2) is 48.5 Å². The standard InChI is InChI=1S/C14H11ClFNO3S/c1-21(19,20)17(13-8-7-11(16)9-12(13)15)14(18)10-5-3-2-4-6-10/h2-9H,1H3. The second kappa shape index (κ2) is 5.83. The molecule has 0 aromatic heterocycles. The highest BCUT2D eigenvalue weighted by atomic mass is 35.5. The predicted molar refractivity (Wildman–Crippen MR) is 79.5 cm³/mol. The van der Waals surface area contributed by atoms with Crippen LogP contribution >= 0.6 is 11.6 Å². The van der Waals surface area contributed by atoms with E-state index < -0.39 is 21.7 Å². The highest BCUT2D eigenvalue weighted by Crippen LogP contribution is 2.29. The number of amides is 1. The van der Waals surface area contributed by atoms with Crippen LogP contribution in [0.5, 0.6) is 0 Å². The Kier molecular flexibility index (Phi) is 4.29. The molecule has 4 nitrogen and oxygen atoms in total. The quantitative estimate of drug-likeness (QED) is 0.870. The summed E-state index contributed by atoms with van der Waals surface area (Å²) >= 11 is 5.86. The summed E-state index contributed by atoms with van der Waals surface area (Å²) in [6.07, 6.45) is 0.882. The van der Waals surface area contributed by atoms with E-state index in [2.05, 4.69) is 0 Å². The van der Waals surface area contributed by atoms with Crippen molar-refractivity contribution in [2.75, 3.05) is 10.6 Å². The topological polar surface area (TPSA) is 54.5 Å². The SMILES string of the molecule is CS(=O)(=O)N(C(=O)c1ccccc1)c1ccc(F)cc1Cl. The third-order valence-electron chi connectivity index (χ3n) is 2.67. The first-order valence-electron chi connectivity index (χ1n) is 5.85. The third-order valence-corrected chi connectivity index (χ3v) is 3.99. The van der Waals surface area contributed by atoms with Crippen LogP contribution in [-0.4, -0.2) is 20.6 Å². The zero-order valence-corrected chi connectivity index (χ0v) is 12.5. The van der Waals surface area contributed by atoms with E-state index in [1.807, 2.05) is 0 Å². The molecule has 21 heavy (non-hydrogen) atoms. The number of sulfonamides is 1. The molecule has 0 saturated heterocycles. The summed E-state index contributed by atoms with van der Waals surface area (Å²) in [5.74, 6) is -1.38. The summed E-state index contributed by atoms with van der Waals surface area (Å²) in [7, 11) is -3.92. The molecule has 0 spiro atoms. The monoisotopic (exact) mass is 327 g/mol. The fourth-order valence-corrected chi connectivity index (χ4v) is 3.01. The van der Waals surface area contributed by atoms with Crippen molar-refractivity contribution in [3.63, 3.8) is 0 Å². The normalized spacial score (nSPS) is 11.2. The molecule has 7 heteroatoms. The lowest BCUT2D eigenvalue weighted by molar-refractivity contribution is 0.101. The van der Waals surface area contributed by atoms with Crippen LogP contribution in [0.2, 0.25) is 5.02 Å². The second-order valence-electron chi connectivity index (χ2n) is 4.29. The smallest absolute Gasteiger partial charge is 0.268 e. The lowest BCUT2D eigenvalue weighted by Crippen LogP contribution is -2.36. The Morgan fingerprint density at radius 3 is 2.29 bits per heavy atom. The molecule has 0 fully saturated rings. The Bertz CT molecular complexity index is 778. The van der Waals surface area contributed by atoms with E-state index in [0.29, 0.717) is 4.31 Å². The molecule has 0 heterocycles. The van der Waals surface area contributed by atoms with Crippen molar-refractivity contribution in [3.05, 3.63) is 64.9 Å². The van der Waals surface area contributed by atoms with Gasteiger partial charge >= 0.3 is 0 Å². The van der Waals surface area contributed by atoms with Crippen molar-refractivity contribution in [2.24, 2.45) is 0 Å². The second-order valence-corrected chi connectivity index (χ2v) is 6.53. The molecule has 0 aliphatic carbocycles. The number of rotatable bonds is 3. The Hall–Kier alpha value is -1.92. The minimum absolute atomic E-state index is 0.0885. The summed E-state index contributed by atoms with van der Waals surface area (Å²) < 4.78 is 37.5. The van der Waals surface area contributed by atoms with E-state index in [9.17, 15) is 17.6 Å². The van der Waals surface area contributed by atoms with Gasteiger partial charge in [0.1, 0.15) is 5.82 Å². The van der Waals surface area contributed by atoms with Crippen molar-refractivity contribution in [2.45, 2.75) is 0 Å². The molecule has 110 valence electrons. The van der Waals surface area contributed by atoms with Crippen molar-refractivity contribution in [3.8, 4) is 0 Å². The summed E-state index contributed by atoms with van der Waals surface area (Å²) in [5.41, 5.74) is 0.0951. The molecule has 0 radical (unpaired) electrons. The predicted octanol–water partition coefficient (Wildman–Crippen LogP) is 3.09. The molecular formula is C14H11ClFNO3S. The summed E-state index contributed by atoms with van der Waals surface area (Å²) in [6, 6.07) is 11.0. The zero-order chi connectivity index (χ0) is 15.6. The van der Waals surface area contributed by atoms with Crippen LogP contribution in [0, 0.1) is 5.82 Å². The van der Waals surface area contributed by atoms with Gasteiger partial charge in [0.05, 0.1) is 17.0 Å². The Morgan fingerprint density at radius 2 is 1.76 bits per heavy atom. The molecule has 0 unspecified atom stereocenters. The first-order chi connectivity index (χ1) is 9.80. The molecule has 0 aliphatic rings. The van der Waals surface area contributed by atoms with Gasteiger partial charge in [0.15, 0.2) is 0 Å². The summed E-state index contributed by atoms with van der Waals surface area (Å²) in [6.45, 7) is 0. The van der Waals surface area contributed by atoms with Gasteiger partial charge < -0.3 is 0 Å². The summed E-state index contributed by atoms with van der Waals surface area (Å²) in [5, 5.41) is -0.162. The zero-order valence-electron chi connectivity index (χ0n) is 11.0. The lowest BCUT2D eigenvalue weighted by atomic mass is 10.2. The fourth-order valence-electron chi connectivity index (χ4n) is 1.78. The minimum atomic E-state index is -3.92. The van der Waals surface area contributed by atoms with E-state index >= 15 is 0 Å². The third kappa shape index (κ3) is 3.40. The average molecular weight is 328 g/mol. The molecule has 0 N–H and O–H groups in total. The summed E-state index contributed by atoms with van der Waals surface area (Å²) in [4.78, 5) is 12.4. The van der Waals surface area contributed by atoms with Crippen molar-refractivity contribution in [1.29, 1.82) is 0 Å². The van der Waals surface area contributed by atoms with Crippen LogP contribution in [0.4, 0.5) is 10.1 Å². The number of carbonyl (C=O) groups excluding carboxylic acids is 1. The van der Waals surface area contributed by atoms with Gasteiger partial charge in [0.2, 0.25) is 10.0 Å². The van der Waals surface area contributed by atoms with Gasteiger partial charge in [-0.25, -0.2) is 17.1 Å². The largest absolute Gasteiger partial charge is 0.272 e. The number of hydrogen-bond donors (Lipinski definition) is 0. The number of carbonyl (C=O) groups is 1. The molecule has 2 aromatic carbocycles. The molecule has 0 aliphatic heterocycles. The van der Waals surface area contributed by atoms with Crippen molar-refractivity contribution >= 4 is 33.2 Å². The maximum atomic E-state index is 13.1. The lowest BCUT2D eigenvalue weighted by Gasteiger charge is -2.21. The molecule has 0 bridgehead atoms. The molecule has 2 aromatic rings. The van der Waals surface area contributed by atoms with Gasteiger partial charge in [-0.15, -0.1) is 0 Å². The van der Waals surface area contributed by atoms with E-state index in [4.69, 9.17) is 11.6 Å². The van der Waals surface area contributed by atoms with Gasteiger partial charge in [-0.2, -0.15) is 0 Å². The molecule has 2 rings (SSSR count).